The van der Waals surface area contributed by atoms with Crippen molar-refractivity contribution in [2.24, 2.45) is 13.0 Å². The van der Waals surface area contributed by atoms with Crippen LogP contribution in [0.4, 0.5) is 0 Å². The van der Waals surface area contributed by atoms with Crippen LogP contribution in [0.2, 0.25) is 0 Å². The Bertz CT molecular complexity index is 1000. The molecule has 3 amide bonds. The third-order valence-corrected chi connectivity index (χ3v) is 5.59. The number of rotatable bonds is 5. The highest BCUT2D eigenvalue weighted by Gasteiger charge is 2.26. The normalized spacial score (nSPS) is 14.2. The third kappa shape index (κ3) is 5.81. The van der Waals surface area contributed by atoms with E-state index in [-0.39, 0.29) is 22.9 Å². The molecule has 8 heteroatoms. The maximum absolute atomic E-state index is 12.6. The van der Waals surface area contributed by atoms with Gasteiger partial charge in [0.1, 0.15) is 5.56 Å². The minimum absolute atomic E-state index is 0.169. The van der Waals surface area contributed by atoms with Gasteiger partial charge in [-0.15, -0.1) is 0 Å². The predicted molar refractivity (Wildman–Crippen MR) is 116 cm³/mol. The molecule has 0 radical (unpaired) electrons. The van der Waals surface area contributed by atoms with E-state index < -0.39 is 11.8 Å². The average molecular weight is 425 g/mol. The molecule has 31 heavy (non-hydrogen) atoms. The second kappa shape index (κ2) is 10.1. The number of hydrogen-bond donors (Lipinski definition) is 2. The molecule has 1 aliphatic heterocycles. The molecule has 2 N–H and O–H groups in total. The number of aryl methyl sites for hydroxylation is 2. The van der Waals surface area contributed by atoms with Crippen LogP contribution in [-0.4, -0.2) is 46.8 Å². The van der Waals surface area contributed by atoms with E-state index in [1.165, 1.54) is 4.57 Å². The number of carbonyl (C=O) groups excluding carboxylic acids is 3. The molecule has 2 heterocycles. The van der Waals surface area contributed by atoms with Gasteiger partial charge in [-0.3, -0.25) is 19.2 Å². The van der Waals surface area contributed by atoms with Crippen molar-refractivity contribution in [2.45, 2.75) is 26.3 Å². The molecular weight excluding hydrogens is 396 g/mol. The SMILES string of the molecule is Cc1ccc(CNC(=O)C(=O)NCC2CCN(C(=O)c3cccn(C)c3=O)CC2)cc1. The van der Waals surface area contributed by atoms with Gasteiger partial charge in [-0.2, -0.15) is 0 Å². The Labute approximate surface area is 181 Å². The monoisotopic (exact) mass is 424 g/mol. The van der Waals surface area contributed by atoms with E-state index in [2.05, 4.69) is 10.6 Å². The maximum Gasteiger partial charge on any atom is 0.309 e. The van der Waals surface area contributed by atoms with Gasteiger partial charge >= 0.3 is 11.8 Å². The summed E-state index contributed by atoms with van der Waals surface area (Å²) in [6.45, 7) is 3.69. The maximum atomic E-state index is 12.6. The molecule has 8 nitrogen and oxygen atoms in total. The summed E-state index contributed by atoms with van der Waals surface area (Å²) in [6.07, 6.45) is 3.01. The van der Waals surface area contributed by atoms with Crippen LogP contribution in [0.3, 0.4) is 0 Å². The quantitative estimate of drug-likeness (QED) is 0.699. The van der Waals surface area contributed by atoms with Crippen LogP contribution in [0.25, 0.3) is 0 Å². The highest BCUT2D eigenvalue weighted by atomic mass is 16.2. The molecule has 0 aliphatic carbocycles. The smallest absolute Gasteiger partial charge is 0.309 e. The van der Waals surface area contributed by atoms with E-state index in [4.69, 9.17) is 0 Å². The van der Waals surface area contributed by atoms with Crippen molar-refractivity contribution in [1.82, 2.24) is 20.1 Å². The zero-order valence-electron chi connectivity index (χ0n) is 17.9. The van der Waals surface area contributed by atoms with Crippen molar-refractivity contribution >= 4 is 17.7 Å². The van der Waals surface area contributed by atoms with Gasteiger partial charge in [0.25, 0.3) is 11.5 Å². The molecule has 3 rings (SSSR count). The molecule has 1 saturated heterocycles. The van der Waals surface area contributed by atoms with Crippen molar-refractivity contribution in [3.05, 3.63) is 69.6 Å². The Morgan fingerprint density at radius 3 is 2.32 bits per heavy atom. The van der Waals surface area contributed by atoms with Crippen LogP contribution in [0.15, 0.2) is 47.4 Å². The van der Waals surface area contributed by atoms with Crippen molar-refractivity contribution in [2.75, 3.05) is 19.6 Å². The van der Waals surface area contributed by atoms with Gasteiger partial charge in [-0.1, -0.05) is 29.8 Å². The van der Waals surface area contributed by atoms with Crippen molar-refractivity contribution in [1.29, 1.82) is 0 Å². The van der Waals surface area contributed by atoms with Crippen molar-refractivity contribution in [3.8, 4) is 0 Å². The number of hydrogen-bond acceptors (Lipinski definition) is 4. The lowest BCUT2D eigenvalue weighted by molar-refractivity contribution is -0.139. The lowest BCUT2D eigenvalue weighted by Gasteiger charge is -2.32. The zero-order chi connectivity index (χ0) is 22.4. The Morgan fingerprint density at radius 1 is 1.00 bits per heavy atom. The Balaban J connectivity index is 1.41. The molecule has 1 fully saturated rings. The molecule has 0 atom stereocenters. The minimum atomic E-state index is -0.659. The van der Waals surface area contributed by atoms with E-state index in [0.717, 1.165) is 11.1 Å². The highest BCUT2D eigenvalue weighted by Crippen LogP contribution is 2.17. The van der Waals surface area contributed by atoms with Crippen LogP contribution in [0, 0.1) is 12.8 Å². The number of aromatic nitrogens is 1. The van der Waals surface area contributed by atoms with Gasteiger partial charge in [-0.05, 0) is 43.4 Å². The first-order valence-electron chi connectivity index (χ1n) is 10.4. The second-order valence-corrected chi connectivity index (χ2v) is 7.95. The summed E-state index contributed by atoms with van der Waals surface area (Å²) in [6, 6.07) is 11.0. The number of benzene rings is 1. The van der Waals surface area contributed by atoms with E-state index in [1.807, 2.05) is 31.2 Å². The Hall–Kier alpha value is -3.42. The molecule has 1 aromatic carbocycles. The summed E-state index contributed by atoms with van der Waals surface area (Å²) in [7, 11) is 1.62. The minimum Gasteiger partial charge on any atom is -0.348 e. The molecule has 0 bridgehead atoms. The van der Waals surface area contributed by atoms with Crippen LogP contribution in [0.1, 0.15) is 34.3 Å². The Kier molecular flexibility index (Phi) is 7.23. The molecular formula is C23H28N4O4. The van der Waals surface area contributed by atoms with Gasteiger partial charge in [-0.25, -0.2) is 0 Å². The fraction of sp³-hybridized carbons (Fsp3) is 0.391. The van der Waals surface area contributed by atoms with Crippen LogP contribution in [-0.2, 0) is 23.2 Å². The van der Waals surface area contributed by atoms with Crippen molar-refractivity contribution in [3.63, 3.8) is 0 Å². The van der Waals surface area contributed by atoms with E-state index in [1.54, 1.807) is 30.3 Å². The summed E-state index contributed by atoms with van der Waals surface area (Å²) in [4.78, 5) is 50.5. The van der Waals surface area contributed by atoms with Crippen LogP contribution < -0.4 is 16.2 Å². The van der Waals surface area contributed by atoms with Gasteiger partial charge in [0.05, 0.1) is 0 Å². The summed E-state index contributed by atoms with van der Waals surface area (Å²) in [5, 5.41) is 5.30. The molecule has 1 aliphatic rings. The third-order valence-electron chi connectivity index (χ3n) is 5.59. The molecule has 2 aromatic rings. The number of pyridine rings is 1. The van der Waals surface area contributed by atoms with E-state index in [0.29, 0.717) is 39.0 Å². The molecule has 0 saturated carbocycles. The predicted octanol–water partition coefficient (Wildman–Crippen LogP) is 0.979. The average Bonchev–Trinajstić information content (AvgIpc) is 2.78. The topological polar surface area (TPSA) is 101 Å². The highest BCUT2D eigenvalue weighted by molar-refractivity contribution is 6.35. The molecule has 164 valence electrons. The van der Waals surface area contributed by atoms with Crippen molar-refractivity contribution < 1.29 is 14.4 Å². The van der Waals surface area contributed by atoms with Gasteiger partial charge in [0, 0.05) is 39.4 Å². The summed E-state index contributed by atoms with van der Waals surface area (Å²) in [5.74, 6) is -1.40. The number of piperidine rings is 1. The lowest BCUT2D eigenvalue weighted by Crippen LogP contribution is -2.45. The second-order valence-electron chi connectivity index (χ2n) is 7.95. The fourth-order valence-electron chi connectivity index (χ4n) is 3.56. The largest absolute Gasteiger partial charge is 0.348 e. The molecule has 0 unspecified atom stereocenters. The summed E-state index contributed by atoms with van der Waals surface area (Å²) < 4.78 is 1.39. The van der Waals surface area contributed by atoms with Crippen LogP contribution >= 0.6 is 0 Å². The number of likely N-dealkylation sites (tertiary alicyclic amines) is 1. The zero-order valence-corrected chi connectivity index (χ0v) is 17.9. The number of nitrogens with zero attached hydrogens (tertiary/aromatic N) is 2. The first kappa shape index (κ1) is 22.3. The lowest BCUT2D eigenvalue weighted by atomic mass is 9.96. The first-order valence-corrected chi connectivity index (χ1v) is 10.4. The fourth-order valence-corrected chi connectivity index (χ4v) is 3.56. The molecule has 1 aromatic heterocycles. The van der Waals surface area contributed by atoms with Gasteiger partial charge in [0.15, 0.2) is 0 Å². The first-order chi connectivity index (χ1) is 14.8. The number of amides is 3. The standard InChI is InChI=1S/C23H28N4O4/c1-16-5-7-17(8-6-16)14-24-20(28)21(29)25-15-18-9-12-27(13-10-18)23(31)19-4-3-11-26(2)22(19)30/h3-8,11,18H,9-10,12-15H2,1-2H3,(H,24,28)(H,25,29). The van der Waals surface area contributed by atoms with E-state index in [9.17, 15) is 19.2 Å². The molecule has 0 spiro atoms. The number of carbonyl (C=O) groups is 3. The van der Waals surface area contributed by atoms with Gasteiger partial charge in [0.2, 0.25) is 0 Å². The Morgan fingerprint density at radius 2 is 1.65 bits per heavy atom. The summed E-state index contributed by atoms with van der Waals surface area (Å²) >= 11 is 0. The van der Waals surface area contributed by atoms with E-state index >= 15 is 0 Å². The van der Waals surface area contributed by atoms with Crippen LogP contribution in [0.5, 0.6) is 0 Å². The number of nitrogens with one attached hydrogen (secondary N) is 2. The summed E-state index contributed by atoms with van der Waals surface area (Å²) in [5.41, 5.74) is 1.92. The van der Waals surface area contributed by atoms with Gasteiger partial charge < -0.3 is 20.1 Å².